The number of aromatic amines is 1. The molecule has 2 rings (SSSR count). The first-order valence-corrected chi connectivity index (χ1v) is 5.33. The summed E-state index contributed by atoms with van der Waals surface area (Å²) >= 11 is 0. The van der Waals surface area contributed by atoms with Crippen LogP contribution in [0.4, 0.5) is 4.39 Å². The zero-order valence-electron chi connectivity index (χ0n) is 9.29. The Morgan fingerprint density at radius 3 is 2.67 bits per heavy atom. The number of hydrogen-bond donors (Lipinski definition) is 5. The van der Waals surface area contributed by atoms with Gasteiger partial charge in [-0.05, 0) is 18.2 Å². The highest BCUT2D eigenvalue weighted by atomic mass is 19.1. The number of aliphatic hydroxyl groups excluding tert-OH is 4. The molecule has 0 saturated carbocycles. The van der Waals surface area contributed by atoms with Crippen LogP contribution in [0.5, 0.6) is 0 Å². The molecule has 0 aliphatic rings. The van der Waals surface area contributed by atoms with Crippen molar-refractivity contribution in [3.63, 3.8) is 0 Å². The van der Waals surface area contributed by atoms with Crippen LogP contribution in [0.3, 0.4) is 0 Å². The first-order valence-electron chi connectivity index (χ1n) is 5.33. The summed E-state index contributed by atoms with van der Waals surface area (Å²) < 4.78 is 13.0. The van der Waals surface area contributed by atoms with Crippen LogP contribution in [0, 0.1) is 5.82 Å². The lowest BCUT2D eigenvalue weighted by molar-refractivity contribution is -0.0800. The van der Waals surface area contributed by atoms with E-state index >= 15 is 0 Å². The minimum absolute atomic E-state index is 0.00407. The smallest absolute Gasteiger partial charge is 0.140 e. The van der Waals surface area contributed by atoms with Gasteiger partial charge < -0.3 is 25.4 Å². The molecule has 1 heterocycles. The molecular formula is C11H13FN2O4. The van der Waals surface area contributed by atoms with Gasteiger partial charge >= 0.3 is 0 Å². The zero-order valence-corrected chi connectivity index (χ0v) is 9.29. The summed E-state index contributed by atoms with van der Waals surface area (Å²) in [7, 11) is 0. The fraction of sp³-hybridized carbons (Fsp3) is 0.364. The van der Waals surface area contributed by atoms with Crippen LogP contribution in [-0.4, -0.2) is 49.2 Å². The second kappa shape index (κ2) is 4.99. The Balaban J connectivity index is 2.30. The van der Waals surface area contributed by atoms with E-state index in [4.69, 9.17) is 5.11 Å². The summed E-state index contributed by atoms with van der Waals surface area (Å²) in [5.74, 6) is -0.460. The van der Waals surface area contributed by atoms with E-state index in [1.165, 1.54) is 18.2 Å². The average molecular weight is 256 g/mol. The predicted molar refractivity (Wildman–Crippen MR) is 60.1 cm³/mol. The number of halogens is 1. The molecule has 98 valence electrons. The number of hydrogen-bond acceptors (Lipinski definition) is 5. The molecule has 0 radical (unpaired) electrons. The number of imidazole rings is 1. The summed E-state index contributed by atoms with van der Waals surface area (Å²) in [5.41, 5.74) is 0.797. The molecule has 2 aromatic rings. The van der Waals surface area contributed by atoms with Gasteiger partial charge in [-0.1, -0.05) is 0 Å². The van der Waals surface area contributed by atoms with Gasteiger partial charge in [0.2, 0.25) is 0 Å². The molecule has 0 bridgehead atoms. The lowest BCUT2D eigenvalue weighted by Crippen LogP contribution is -2.35. The third kappa shape index (κ3) is 2.34. The summed E-state index contributed by atoms with van der Waals surface area (Å²) in [4.78, 5) is 6.61. The van der Waals surface area contributed by atoms with E-state index in [0.717, 1.165) is 0 Å². The molecule has 5 N–H and O–H groups in total. The van der Waals surface area contributed by atoms with Crippen molar-refractivity contribution in [1.82, 2.24) is 9.97 Å². The summed E-state index contributed by atoms with van der Waals surface area (Å²) in [6, 6.07) is 3.85. The van der Waals surface area contributed by atoms with Gasteiger partial charge in [0.05, 0.1) is 17.6 Å². The van der Waals surface area contributed by atoms with Gasteiger partial charge in [-0.2, -0.15) is 0 Å². The Morgan fingerprint density at radius 1 is 1.28 bits per heavy atom. The van der Waals surface area contributed by atoms with Crippen LogP contribution < -0.4 is 0 Å². The van der Waals surface area contributed by atoms with Gasteiger partial charge in [0.15, 0.2) is 0 Å². The first kappa shape index (κ1) is 12.9. The van der Waals surface area contributed by atoms with Crippen LogP contribution in [0.25, 0.3) is 11.0 Å². The molecule has 2 unspecified atom stereocenters. The molecule has 0 spiro atoms. The van der Waals surface area contributed by atoms with Crippen LogP contribution in [0.2, 0.25) is 0 Å². The van der Waals surface area contributed by atoms with Gasteiger partial charge in [0.25, 0.3) is 0 Å². The van der Waals surface area contributed by atoms with Gasteiger partial charge in [0, 0.05) is 0 Å². The molecule has 0 aliphatic carbocycles. The van der Waals surface area contributed by atoms with Crippen LogP contribution in [-0.2, 0) is 0 Å². The van der Waals surface area contributed by atoms with Gasteiger partial charge in [0.1, 0.15) is 30.0 Å². The van der Waals surface area contributed by atoms with E-state index in [2.05, 4.69) is 9.97 Å². The largest absolute Gasteiger partial charge is 0.394 e. The maximum atomic E-state index is 13.0. The van der Waals surface area contributed by atoms with Crippen molar-refractivity contribution in [1.29, 1.82) is 0 Å². The fourth-order valence-electron chi connectivity index (χ4n) is 1.62. The van der Waals surface area contributed by atoms with Crippen molar-refractivity contribution >= 4 is 11.0 Å². The molecule has 3 atom stereocenters. The van der Waals surface area contributed by atoms with E-state index in [0.29, 0.717) is 11.0 Å². The minimum atomic E-state index is -1.58. The van der Waals surface area contributed by atoms with Crippen LogP contribution in [0.1, 0.15) is 11.9 Å². The van der Waals surface area contributed by atoms with Crippen molar-refractivity contribution < 1.29 is 24.8 Å². The number of rotatable bonds is 4. The lowest BCUT2D eigenvalue weighted by Gasteiger charge is -2.19. The van der Waals surface area contributed by atoms with E-state index in [1.807, 2.05) is 0 Å². The fourth-order valence-corrected chi connectivity index (χ4v) is 1.62. The average Bonchev–Trinajstić information content (AvgIpc) is 2.78. The van der Waals surface area contributed by atoms with Crippen molar-refractivity contribution in [2.24, 2.45) is 0 Å². The Morgan fingerprint density at radius 2 is 2.00 bits per heavy atom. The third-order valence-electron chi connectivity index (χ3n) is 2.65. The summed E-state index contributed by atoms with van der Waals surface area (Å²) in [5, 5.41) is 37.2. The Hall–Kier alpha value is -1.54. The second-order valence-electron chi connectivity index (χ2n) is 3.97. The molecule has 7 heteroatoms. The number of H-pyrrole nitrogens is 1. The number of aliphatic hydroxyl groups is 4. The van der Waals surface area contributed by atoms with Crippen LogP contribution >= 0.6 is 0 Å². The van der Waals surface area contributed by atoms with E-state index in [9.17, 15) is 19.7 Å². The monoisotopic (exact) mass is 256 g/mol. The molecular weight excluding hydrogens is 243 g/mol. The highest BCUT2D eigenvalue weighted by Gasteiger charge is 2.27. The topological polar surface area (TPSA) is 110 Å². The van der Waals surface area contributed by atoms with Crippen LogP contribution in [0.15, 0.2) is 18.2 Å². The number of nitrogens with zero attached hydrogens (tertiary/aromatic N) is 1. The van der Waals surface area contributed by atoms with E-state index in [1.54, 1.807) is 0 Å². The molecule has 0 amide bonds. The van der Waals surface area contributed by atoms with Gasteiger partial charge in [-0.15, -0.1) is 0 Å². The molecule has 0 saturated heterocycles. The molecule has 0 fully saturated rings. The first-order chi connectivity index (χ1) is 8.52. The molecule has 1 aromatic carbocycles. The van der Waals surface area contributed by atoms with E-state index < -0.39 is 30.7 Å². The Kier molecular flexibility index (Phi) is 3.58. The second-order valence-corrected chi connectivity index (χ2v) is 3.97. The lowest BCUT2D eigenvalue weighted by atomic mass is 10.1. The molecule has 1 aromatic heterocycles. The van der Waals surface area contributed by atoms with Crippen molar-refractivity contribution in [3.8, 4) is 0 Å². The highest BCUT2D eigenvalue weighted by molar-refractivity contribution is 5.75. The standard InChI is InChI=1S/C11H13FN2O4/c12-5-1-2-6-7(3-5)14-11(13-6)10(18)9(17)8(16)4-15/h1-3,8-10,15-18H,4H2,(H,13,14)/t8?,9?,10-/m1/s1. The maximum absolute atomic E-state index is 13.0. The van der Waals surface area contributed by atoms with Gasteiger partial charge in [-0.3, -0.25) is 0 Å². The van der Waals surface area contributed by atoms with Gasteiger partial charge in [-0.25, -0.2) is 9.37 Å². The van der Waals surface area contributed by atoms with Crippen molar-refractivity contribution in [3.05, 3.63) is 29.8 Å². The highest BCUT2D eigenvalue weighted by Crippen LogP contribution is 2.20. The molecule has 18 heavy (non-hydrogen) atoms. The zero-order chi connectivity index (χ0) is 13.3. The Labute approximate surface area is 101 Å². The summed E-state index contributed by atoms with van der Waals surface area (Å²) in [6.45, 7) is -0.687. The summed E-state index contributed by atoms with van der Waals surface area (Å²) in [6.07, 6.45) is -4.56. The number of nitrogens with one attached hydrogen (secondary N) is 1. The third-order valence-corrected chi connectivity index (χ3v) is 2.65. The predicted octanol–water partition coefficient (Wildman–Crippen LogP) is -0.550. The normalized spacial score (nSPS) is 16.7. The Bertz CT molecular complexity index is 545. The van der Waals surface area contributed by atoms with Crippen molar-refractivity contribution in [2.45, 2.75) is 18.3 Å². The minimum Gasteiger partial charge on any atom is -0.394 e. The van der Waals surface area contributed by atoms with E-state index in [-0.39, 0.29) is 5.82 Å². The number of aromatic nitrogens is 2. The molecule has 0 aliphatic heterocycles. The number of fused-ring (bicyclic) bond motifs is 1. The maximum Gasteiger partial charge on any atom is 0.140 e. The SMILES string of the molecule is OCC(O)C(O)[C@@H](O)c1nc2ccc(F)cc2[nH]1. The molecule has 6 nitrogen and oxygen atoms in total. The number of benzene rings is 1. The van der Waals surface area contributed by atoms with Crippen molar-refractivity contribution in [2.75, 3.05) is 6.61 Å². The quantitative estimate of drug-likeness (QED) is 0.504.